The van der Waals surface area contributed by atoms with Gasteiger partial charge in [-0.05, 0) is 12.0 Å². The molecule has 2 atom stereocenters. The molecular weight excluding hydrogens is 192 g/mol. The van der Waals surface area contributed by atoms with Crippen LogP contribution in [0.15, 0.2) is 30.3 Å². The lowest BCUT2D eigenvalue weighted by molar-refractivity contribution is -0.146. The summed E-state index contributed by atoms with van der Waals surface area (Å²) in [7, 11) is 0. The zero-order valence-corrected chi connectivity index (χ0v) is 8.43. The van der Waals surface area contributed by atoms with Crippen molar-refractivity contribution in [2.24, 2.45) is 5.92 Å². The summed E-state index contributed by atoms with van der Waals surface area (Å²) < 4.78 is 5.35. The monoisotopic (exact) mass is 206 g/mol. The first-order valence-electron chi connectivity index (χ1n) is 5.14. The molecule has 0 aromatic heterocycles. The van der Waals surface area contributed by atoms with Gasteiger partial charge in [-0.15, -0.1) is 0 Å². The Hall–Kier alpha value is -1.35. The van der Waals surface area contributed by atoms with Crippen molar-refractivity contribution in [2.75, 3.05) is 13.2 Å². The van der Waals surface area contributed by atoms with Gasteiger partial charge in [0, 0.05) is 12.5 Å². The second kappa shape index (κ2) is 4.45. The number of carboxylic acid groups (broad SMARTS) is 1. The van der Waals surface area contributed by atoms with Crippen molar-refractivity contribution in [2.45, 2.75) is 12.3 Å². The molecular formula is C12H14O3. The second-order valence-corrected chi connectivity index (χ2v) is 3.83. The molecule has 0 bridgehead atoms. The molecule has 0 radical (unpaired) electrons. The molecule has 3 nitrogen and oxygen atoms in total. The lowest BCUT2D eigenvalue weighted by atomic mass is 9.83. The van der Waals surface area contributed by atoms with Crippen LogP contribution in [0.3, 0.4) is 0 Å². The Labute approximate surface area is 88.7 Å². The van der Waals surface area contributed by atoms with Crippen LogP contribution in [0.25, 0.3) is 0 Å². The molecule has 0 saturated carbocycles. The predicted octanol–water partition coefficient (Wildman–Crippen LogP) is 1.89. The largest absolute Gasteiger partial charge is 0.481 e. The third-order valence-electron chi connectivity index (χ3n) is 2.90. The van der Waals surface area contributed by atoms with Crippen LogP contribution in [-0.4, -0.2) is 24.3 Å². The lowest BCUT2D eigenvalue weighted by Crippen LogP contribution is -2.31. The van der Waals surface area contributed by atoms with Crippen LogP contribution in [-0.2, 0) is 9.53 Å². The fourth-order valence-electron chi connectivity index (χ4n) is 2.06. The van der Waals surface area contributed by atoms with Crippen molar-refractivity contribution in [3.05, 3.63) is 35.9 Å². The molecule has 1 aliphatic rings. The van der Waals surface area contributed by atoms with Gasteiger partial charge in [-0.1, -0.05) is 30.3 Å². The van der Waals surface area contributed by atoms with Crippen molar-refractivity contribution in [3.8, 4) is 0 Å². The van der Waals surface area contributed by atoms with E-state index >= 15 is 0 Å². The molecule has 3 heteroatoms. The second-order valence-electron chi connectivity index (χ2n) is 3.83. The van der Waals surface area contributed by atoms with Crippen molar-refractivity contribution in [1.82, 2.24) is 0 Å². The van der Waals surface area contributed by atoms with Gasteiger partial charge >= 0.3 is 5.97 Å². The van der Waals surface area contributed by atoms with Gasteiger partial charge in [0.15, 0.2) is 0 Å². The van der Waals surface area contributed by atoms with E-state index in [9.17, 15) is 4.79 Å². The summed E-state index contributed by atoms with van der Waals surface area (Å²) in [5, 5.41) is 9.11. The van der Waals surface area contributed by atoms with Crippen LogP contribution in [0.4, 0.5) is 0 Å². The lowest BCUT2D eigenvalue weighted by Gasteiger charge is -2.28. The Morgan fingerprint density at radius 2 is 2.07 bits per heavy atom. The maximum Gasteiger partial charge on any atom is 0.307 e. The standard InChI is InChI=1S/C12H14O3/c13-12(14)10-6-7-15-8-11(10)9-4-2-1-3-5-9/h1-5,10-11H,6-8H2,(H,13,14). The highest BCUT2D eigenvalue weighted by Crippen LogP contribution is 2.31. The third-order valence-corrected chi connectivity index (χ3v) is 2.90. The summed E-state index contributed by atoms with van der Waals surface area (Å²) >= 11 is 0. The number of benzene rings is 1. The van der Waals surface area contributed by atoms with Gasteiger partial charge in [0.25, 0.3) is 0 Å². The normalized spacial score (nSPS) is 26.1. The van der Waals surface area contributed by atoms with Crippen molar-refractivity contribution in [1.29, 1.82) is 0 Å². The molecule has 0 aliphatic carbocycles. The van der Waals surface area contributed by atoms with Crippen LogP contribution in [0, 0.1) is 5.92 Å². The summed E-state index contributed by atoms with van der Waals surface area (Å²) in [6.45, 7) is 1.07. The van der Waals surface area contributed by atoms with E-state index in [4.69, 9.17) is 9.84 Å². The van der Waals surface area contributed by atoms with Crippen molar-refractivity contribution in [3.63, 3.8) is 0 Å². The van der Waals surface area contributed by atoms with E-state index in [0.29, 0.717) is 19.6 Å². The quantitative estimate of drug-likeness (QED) is 0.803. The van der Waals surface area contributed by atoms with Gasteiger partial charge in [-0.2, -0.15) is 0 Å². The highest BCUT2D eigenvalue weighted by atomic mass is 16.5. The maximum absolute atomic E-state index is 11.1. The van der Waals surface area contributed by atoms with Crippen LogP contribution < -0.4 is 0 Å². The van der Waals surface area contributed by atoms with Crippen LogP contribution >= 0.6 is 0 Å². The summed E-state index contributed by atoms with van der Waals surface area (Å²) in [4.78, 5) is 11.1. The zero-order valence-electron chi connectivity index (χ0n) is 8.43. The highest BCUT2D eigenvalue weighted by molar-refractivity contribution is 5.71. The van der Waals surface area contributed by atoms with Gasteiger partial charge in [-0.3, -0.25) is 4.79 Å². The summed E-state index contributed by atoms with van der Waals surface area (Å²) in [5.74, 6) is -1.02. The molecule has 1 aliphatic heterocycles. The summed E-state index contributed by atoms with van der Waals surface area (Å²) in [5.41, 5.74) is 1.06. The molecule has 80 valence electrons. The molecule has 15 heavy (non-hydrogen) atoms. The summed E-state index contributed by atoms with van der Waals surface area (Å²) in [6.07, 6.45) is 0.606. The van der Waals surface area contributed by atoms with E-state index < -0.39 is 5.97 Å². The van der Waals surface area contributed by atoms with E-state index in [0.717, 1.165) is 5.56 Å². The fraction of sp³-hybridized carbons (Fsp3) is 0.417. The van der Waals surface area contributed by atoms with E-state index in [1.807, 2.05) is 30.3 Å². The minimum absolute atomic E-state index is 0.00236. The number of hydrogen-bond acceptors (Lipinski definition) is 2. The number of carbonyl (C=O) groups is 1. The van der Waals surface area contributed by atoms with E-state index in [-0.39, 0.29) is 11.8 Å². The van der Waals surface area contributed by atoms with Gasteiger partial charge in [0.05, 0.1) is 12.5 Å². The number of carboxylic acids is 1. The predicted molar refractivity (Wildman–Crippen MR) is 55.7 cm³/mol. The molecule has 1 aromatic rings. The zero-order chi connectivity index (χ0) is 10.7. The van der Waals surface area contributed by atoms with E-state index in [2.05, 4.69) is 0 Å². The fourth-order valence-corrected chi connectivity index (χ4v) is 2.06. The molecule has 1 heterocycles. The molecule has 0 spiro atoms. The average molecular weight is 206 g/mol. The molecule has 1 aromatic carbocycles. The van der Waals surface area contributed by atoms with Gasteiger partial charge in [0.2, 0.25) is 0 Å². The van der Waals surface area contributed by atoms with Crippen molar-refractivity contribution >= 4 is 5.97 Å². The van der Waals surface area contributed by atoms with Gasteiger partial charge < -0.3 is 9.84 Å². The highest BCUT2D eigenvalue weighted by Gasteiger charge is 2.32. The Morgan fingerprint density at radius 1 is 1.33 bits per heavy atom. The minimum atomic E-state index is -0.716. The maximum atomic E-state index is 11.1. The SMILES string of the molecule is O=C(O)C1CCOCC1c1ccccc1. The molecule has 2 rings (SSSR count). The summed E-state index contributed by atoms with van der Waals surface area (Å²) in [6, 6.07) is 9.74. The smallest absolute Gasteiger partial charge is 0.307 e. The van der Waals surface area contributed by atoms with Crippen molar-refractivity contribution < 1.29 is 14.6 Å². The Bertz CT molecular complexity index is 334. The first-order valence-corrected chi connectivity index (χ1v) is 5.14. The first kappa shape index (κ1) is 10.2. The molecule has 1 saturated heterocycles. The van der Waals surface area contributed by atoms with Gasteiger partial charge in [0.1, 0.15) is 0 Å². The van der Waals surface area contributed by atoms with E-state index in [1.54, 1.807) is 0 Å². The molecule has 1 fully saturated rings. The molecule has 0 amide bonds. The Morgan fingerprint density at radius 3 is 2.73 bits per heavy atom. The first-order chi connectivity index (χ1) is 7.29. The number of aliphatic carboxylic acids is 1. The number of ether oxygens (including phenoxy) is 1. The van der Waals surface area contributed by atoms with E-state index in [1.165, 1.54) is 0 Å². The van der Waals surface area contributed by atoms with Gasteiger partial charge in [-0.25, -0.2) is 0 Å². The molecule has 2 unspecified atom stereocenters. The molecule has 1 N–H and O–H groups in total. The number of rotatable bonds is 2. The Balaban J connectivity index is 2.22. The minimum Gasteiger partial charge on any atom is -0.481 e. The topological polar surface area (TPSA) is 46.5 Å². The average Bonchev–Trinajstić information content (AvgIpc) is 2.30. The third kappa shape index (κ3) is 2.18. The van der Waals surface area contributed by atoms with Crippen LogP contribution in [0.5, 0.6) is 0 Å². The number of hydrogen-bond donors (Lipinski definition) is 1. The van der Waals surface area contributed by atoms with Crippen LogP contribution in [0.2, 0.25) is 0 Å². The Kier molecular flexibility index (Phi) is 3.02. The van der Waals surface area contributed by atoms with Crippen LogP contribution in [0.1, 0.15) is 17.9 Å².